The molecule has 0 bridgehead atoms. The van der Waals surface area contributed by atoms with Gasteiger partial charge in [0.1, 0.15) is 0 Å². The second kappa shape index (κ2) is 7.32. The van der Waals surface area contributed by atoms with Gasteiger partial charge in [0.2, 0.25) is 11.9 Å². The average Bonchev–Trinajstić information content (AvgIpc) is 3.06. The topological polar surface area (TPSA) is 125 Å². The fraction of sp³-hybridized carbons (Fsp3) is 0.368. The van der Waals surface area contributed by atoms with Gasteiger partial charge in [-0.1, -0.05) is 6.07 Å². The van der Waals surface area contributed by atoms with Gasteiger partial charge in [0.05, 0.1) is 11.6 Å². The van der Waals surface area contributed by atoms with Gasteiger partial charge in [-0.15, -0.1) is 0 Å². The van der Waals surface area contributed by atoms with E-state index in [1.165, 1.54) is 0 Å². The SMILES string of the molecule is NC(=O)c1cccc(Nc2ncc3cnn(C[C@H]4CC[C@H](N)CC4)c3n2)c1. The Bertz CT molecular complexity index is 960. The Hall–Kier alpha value is -3.00. The van der Waals surface area contributed by atoms with E-state index in [-0.39, 0.29) is 0 Å². The Morgan fingerprint density at radius 2 is 2.04 bits per heavy atom. The van der Waals surface area contributed by atoms with Crippen molar-refractivity contribution in [2.45, 2.75) is 38.3 Å². The number of anilines is 2. The first-order chi connectivity index (χ1) is 13.1. The van der Waals surface area contributed by atoms with Crippen LogP contribution in [-0.2, 0) is 6.54 Å². The molecule has 1 amide bonds. The minimum atomic E-state index is -0.472. The smallest absolute Gasteiger partial charge is 0.248 e. The van der Waals surface area contributed by atoms with Crippen LogP contribution in [0.3, 0.4) is 0 Å². The summed E-state index contributed by atoms with van der Waals surface area (Å²) in [6.45, 7) is 0.837. The number of rotatable bonds is 5. The van der Waals surface area contributed by atoms with Crippen LogP contribution < -0.4 is 16.8 Å². The van der Waals surface area contributed by atoms with Crippen LogP contribution in [0.2, 0.25) is 0 Å². The summed E-state index contributed by atoms with van der Waals surface area (Å²) in [7, 11) is 0. The van der Waals surface area contributed by atoms with Crippen LogP contribution in [0.5, 0.6) is 0 Å². The molecule has 1 fully saturated rings. The molecule has 5 N–H and O–H groups in total. The Morgan fingerprint density at radius 1 is 1.22 bits per heavy atom. The number of nitrogens with zero attached hydrogens (tertiary/aromatic N) is 4. The standard InChI is InChI=1S/C19H23N7O/c20-15-6-4-12(5-7-15)11-26-18-14(10-23-26)9-22-19(25-18)24-16-3-1-2-13(8-16)17(21)27/h1-3,8-10,12,15H,4-7,11,20H2,(H2,21,27)(H,22,24,25)/t12-,15-. The number of aromatic nitrogens is 4. The molecule has 0 unspecified atom stereocenters. The third-order valence-electron chi connectivity index (χ3n) is 5.10. The lowest BCUT2D eigenvalue weighted by Crippen LogP contribution is -2.28. The van der Waals surface area contributed by atoms with Crippen molar-refractivity contribution in [1.29, 1.82) is 0 Å². The van der Waals surface area contributed by atoms with Crippen molar-refractivity contribution in [2.75, 3.05) is 5.32 Å². The number of hydrogen-bond donors (Lipinski definition) is 3. The van der Waals surface area contributed by atoms with Crippen LogP contribution in [0.4, 0.5) is 11.6 Å². The molecule has 3 aromatic rings. The first-order valence-electron chi connectivity index (χ1n) is 9.19. The van der Waals surface area contributed by atoms with Gasteiger partial charge in [-0.25, -0.2) is 9.67 Å². The van der Waals surface area contributed by atoms with E-state index in [9.17, 15) is 4.79 Å². The lowest BCUT2D eigenvalue weighted by Gasteiger charge is -2.25. The maximum Gasteiger partial charge on any atom is 0.248 e. The number of fused-ring (bicyclic) bond motifs is 1. The predicted molar refractivity (Wildman–Crippen MR) is 103 cm³/mol. The minimum absolute atomic E-state index is 0.338. The summed E-state index contributed by atoms with van der Waals surface area (Å²) in [4.78, 5) is 20.3. The van der Waals surface area contributed by atoms with E-state index in [0.717, 1.165) is 43.3 Å². The summed E-state index contributed by atoms with van der Waals surface area (Å²) in [5, 5.41) is 8.52. The zero-order valence-corrected chi connectivity index (χ0v) is 15.0. The molecule has 4 rings (SSSR count). The first-order valence-corrected chi connectivity index (χ1v) is 9.19. The quantitative estimate of drug-likeness (QED) is 0.636. The third-order valence-corrected chi connectivity index (χ3v) is 5.10. The van der Waals surface area contributed by atoms with Gasteiger partial charge in [0.25, 0.3) is 0 Å². The maximum atomic E-state index is 11.3. The molecule has 1 aromatic carbocycles. The van der Waals surface area contributed by atoms with E-state index < -0.39 is 5.91 Å². The van der Waals surface area contributed by atoms with Gasteiger partial charge in [-0.05, 0) is 49.8 Å². The zero-order chi connectivity index (χ0) is 18.8. The van der Waals surface area contributed by atoms with E-state index in [4.69, 9.17) is 11.5 Å². The van der Waals surface area contributed by atoms with E-state index in [2.05, 4.69) is 20.4 Å². The zero-order valence-electron chi connectivity index (χ0n) is 15.0. The average molecular weight is 365 g/mol. The summed E-state index contributed by atoms with van der Waals surface area (Å²) in [6, 6.07) is 7.29. The lowest BCUT2D eigenvalue weighted by molar-refractivity contribution is 0.100. The van der Waals surface area contributed by atoms with E-state index in [0.29, 0.717) is 29.2 Å². The lowest BCUT2D eigenvalue weighted by atomic mass is 9.86. The van der Waals surface area contributed by atoms with Crippen molar-refractivity contribution < 1.29 is 4.79 Å². The molecule has 8 heteroatoms. The summed E-state index contributed by atoms with van der Waals surface area (Å²) < 4.78 is 1.95. The molecule has 2 aromatic heterocycles. The van der Waals surface area contributed by atoms with Gasteiger partial charge in [0.15, 0.2) is 5.65 Å². The monoisotopic (exact) mass is 365 g/mol. The Balaban J connectivity index is 1.55. The number of nitrogens with two attached hydrogens (primary N) is 2. The number of carbonyl (C=O) groups is 1. The summed E-state index contributed by atoms with van der Waals surface area (Å²) in [6.07, 6.45) is 7.94. The van der Waals surface area contributed by atoms with Crippen molar-refractivity contribution >= 4 is 28.6 Å². The fourth-order valence-electron chi connectivity index (χ4n) is 3.56. The first kappa shape index (κ1) is 17.4. The van der Waals surface area contributed by atoms with Crippen molar-refractivity contribution in [3.05, 3.63) is 42.2 Å². The normalized spacial score (nSPS) is 19.9. The number of nitrogens with one attached hydrogen (secondary N) is 1. The molecule has 0 radical (unpaired) electrons. The molecule has 0 atom stereocenters. The number of amides is 1. The highest BCUT2D eigenvalue weighted by molar-refractivity contribution is 5.93. The molecule has 140 valence electrons. The van der Waals surface area contributed by atoms with Crippen LogP contribution in [0.15, 0.2) is 36.7 Å². The molecule has 27 heavy (non-hydrogen) atoms. The minimum Gasteiger partial charge on any atom is -0.366 e. The molecule has 0 saturated heterocycles. The predicted octanol–water partition coefficient (Wildman–Crippen LogP) is 2.19. The Labute approximate surface area is 157 Å². The van der Waals surface area contributed by atoms with Crippen LogP contribution in [0.25, 0.3) is 11.0 Å². The van der Waals surface area contributed by atoms with Crippen LogP contribution in [0.1, 0.15) is 36.0 Å². The van der Waals surface area contributed by atoms with Crippen LogP contribution >= 0.6 is 0 Å². The van der Waals surface area contributed by atoms with Gasteiger partial charge in [-0.2, -0.15) is 10.1 Å². The number of hydrogen-bond acceptors (Lipinski definition) is 6. The maximum absolute atomic E-state index is 11.3. The molecule has 1 aliphatic rings. The molecule has 0 aliphatic heterocycles. The second-order valence-corrected chi connectivity index (χ2v) is 7.15. The number of primary amides is 1. The Kier molecular flexibility index (Phi) is 4.72. The van der Waals surface area contributed by atoms with Gasteiger partial charge >= 0.3 is 0 Å². The fourth-order valence-corrected chi connectivity index (χ4v) is 3.56. The third kappa shape index (κ3) is 3.90. The second-order valence-electron chi connectivity index (χ2n) is 7.15. The highest BCUT2D eigenvalue weighted by Gasteiger charge is 2.20. The Morgan fingerprint density at radius 3 is 2.81 bits per heavy atom. The molecule has 2 heterocycles. The van der Waals surface area contributed by atoms with Crippen molar-refractivity contribution in [1.82, 2.24) is 19.7 Å². The summed E-state index contributed by atoms with van der Waals surface area (Å²) in [5.41, 5.74) is 13.3. The van der Waals surface area contributed by atoms with E-state index >= 15 is 0 Å². The van der Waals surface area contributed by atoms with Gasteiger partial charge < -0.3 is 16.8 Å². The number of benzene rings is 1. The number of carbonyl (C=O) groups excluding carboxylic acids is 1. The highest BCUT2D eigenvalue weighted by Crippen LogP contribution is 2.26. The van der Waals surface area contributed by atoms with Crippen molar-refractivity contribution in [2.24, 2.45) is 17.4 Å². The molecule has 1 aliphatic carbocycles. The van der Waals surface area contributed by atoms with E-state index in [1.807, 2.05) is 10.7 Å². The molecular weight excluding hydrogens is 342 g/mol. The summed E-state index contributed by atoms with van der Waals surface area (Å²) in [5.74, 6) is 0.559. The molecule has 8 nitrogen and oxygen atoms in total. The van der Waals surface area contributed by atoms with Crippen molar-refractivity contribution in [3.8, 4) is 0 Å². The molecule has 0 spiro atoms. The largest absolute Gasteiger partial charge is 0.366 e. The van der Waals surface area contributed by atoms with Gasteiger partial charge in [-0.3, -0.25) is 4.79 Å². The van der Waals surface area contributed by atoms with Crippen LogP contribution in [-0.4, -0.2) is 31.7 Å². The molecule has 1 saturated carbocycles. The molecular formula is C19H23N7O. The van der Waals surface area contributed by atoms with E-state index in [1.54, 1.807) is 30.6 Å². The van der Waals surface area contributed by atoms with Crippen molar-refractivity contribution in [3.63, 3.8) is 0 Å². The van der Waals surface area contributed by atoms with Gasteiger partial charge in [0, 0.05) is 30.0 Å². The van der Waals surface area contributed by atoms with Crippen LogP contribution in [0, 0.1) is 5.92 Å². The summed E-state index contributed by atoms with van der Waals surface area (Å²) >= 11 is 0. The highest BCUT2D eigenvalue weighted by atomic mass is 16.1.